The van der Waals surface area contributed by atoms with Crippen LogP contribution in [0.3, 0.4) is 0 Å². The molecule has 3 heteroatoms. The molecule has 0 aliphatic heterocycles. The Morgan fingerprint density at radius 3 is 2.53 bits per heavy atom. The van der Waals surface area contributed by atoms with Crippen LogP contribution in [0.4, 0.5) is 0 Å². The lowest BCUT2D eigenvalue weighted by molar-refractivity contribution is 0.639. The molecule has 0 saturated heterocycles. The van der Waals surface area contributed by atoms with Crippen molar-refractivity contribution in [1.29, 1.82) is 0 Å². The van der Waals surface area contributed by atoms with Crippen LogP contribution in [-0.4, -0.2) is 6.54 Å². The van der Waals surface area contributed by atoms with E-state index in [2.05, 4.69) is 48.8 Å². The molecular weight excluding hydrogens is 250 g/mol. The zero-order valence-corrected chi connectivity index (χ0v) is 11.6. The largest absolute Gasteiger partial charge is 0.306 e. The quantitative estimate of drug-likeness (QED) is 0.864. The number of thiophene rings is 1. The van der Waals surface area contributed by atoms with E-state index in [1.165, 1.54) is 10.4 Å². The van der Waals surface area contributed by atoms with Gasteiger partial charge in [0.15, 0.2) is 0 Å². The Labute approximate surface area is 111 Å². The standard InChI is InChI=1S/C14H16ClNS/c1-3-16-13(11-7-5-4-6-8-11)14-12(15)10(2)9-17-14/h4-9,13,16H,3H2,1-2H3. The fourth-order valence-corrected chi connectivity index (χ4v) is 3.26. The summed E-state index contributed by atoms with van der Waals surface area (Å²) < 4.78 is 0. The Balaban J connectivity index is 2.39. The van der Waals surface area contributed by atoms with Gasteiger partial charge in [-0.05, 0) is 30.0 Å². The summed E-state index contributed by atoms with van der Waals surface area (Å²) in [7, 11) is 0. The van der Waals surface area contributed by atoms with Gasteiger partial charge < -0.3 is 5.32 Å². The molecule has 1 unspecified atom stereocenters. The summed E-state index contributed by atoms with van der Waals surface area (Å²) in [5.74, 6) is 0. The van der Waals surface area contributed by atoms with Gasteiger partial charge in [0.25, 0.3) is 0 Å². The molecule has 1 N–H and O–H groups in total. The third kappa shape index (κ3) is 2.71. The summed E-state index contributed by atoms with van der Waals surface area (Å²) in [4.78, 5) is 1.21. The number of nitrogens with one attached hydrogen (secondary N) is 1. The molecule has 1 aromatic carbocycles. The van der Waals surface area contributed by atoms with Gasteiger partial charge in [0.1, 0.15) is 0 Å². The first-order chi connectivity index (χ1) is 8.24. The van der Waals surface area contributed by atoms with Crippen molar-refractivity contribution in [3.05, 3.63) is 56.7 Å². The molecule has 0 spiro atoms. The Morgan fingerprint density at radius 1 is 1.29 bits per heavy atom. The fraction of sp³-hybridized carbons (Fsp3) is 0.286. The van der Waals surface area contributed by atoms with Crippen molar-refractivity contribution in [1.82, 2.24) is 5.32 Å². The molecule has 0 bridgehead atoms. The molecule has 0 aliphatic carbocycles. The minimum absolute atomic E-state index is 0.201. The van der Waals surface area contributed by atoms with Crippen LogP contribution < -0.4 is 5.32 Å². The van der Waals surface area contributed by atoms with E-state index < -0.39 is 0 Å². The zero-order chi connectivity index (χ0) is 12.3. The Kier molecular flexibility index (Phi) is 4.21. The van der Waals surface area contributed by atoms with Crippen LogP contribution in [0.1, 0.15) is 29.0 Å². The molecule has 2 rings (SSSR count). The molecular formula is C14H16ClNS. The van der Waals surface area contributed by atoms with Crippen LogP contribution in [0.15, 0.2) is 35.7 Å². The molecule has 1 aromatic heterocycles. The number of hydrogen-bond acceptors (Lipinski definition) is 2. The zero-order valence-electron chi connectivity index (χ0n) is 10.0. The molecule has 0 aliphatic rings. The first kappa shape index (κ1) is 12.6. The van der Waals surface area contributed by atoms with Gasteiger partial charge in [-0.2, -0.15) is 0 Å². The SMILES string of the molecule is CCNC(c1ccccc1)c1scc(C)c1Cl. The van der Waals surface area contributed by atoms with E-state index in [9.17, 15) is 0 Å². The number of rotatable bonds is 4. The van der Waals surface area contributed by atoms with E-state index in [1.807, 2.05) is 6.07 Å². The predicted octanol–water partition coefficient (Wildman–Crippen LogP) is 4.41. The third-order valence-electron chi connectivity index (χ3n) is 2.73. The van der Waals surface area contributed by atoms with E-state index in [4.69, 9.17) is 11.6 Å². The maximum atomic E-state index is 6.36. The van der Waals surface area contributed by atoms with Crippen molar-refractivity contribution >= 4 is 22.9 Å². The number of aryl methyl sites for hydroxylation is 1. The van der Waals surface area contributed by atoms with Crippen molar-refractivity contribution in [2.45, 2.75) is 19.9 Å². The maximum absolute atomic E-state index is 6.36. The Hall–Kier alpha value is -0.830. The van der Waals surface area contributed by atoms with Crippen LogP contribution >= 0.6 is 22.9 Å². The average molecular weight is 266 g/mol. The summed E-state index contributed by atoms with van der Waals surface area (Å²) >= 11 is 8.08. The highest BCUT2D eigenvalue weighted by molar-refractivity contribution is 7.10. The van der Waals surface area contributed by atoms with Gasteiger partial charge in [0, 0.05) is 4.88 Å². The van der Waals surface area contributed by atoms with E-state index in [-0.39, 0.29) is 6.04 Å². The molecule has 0 saturated carbocycles. The molecule has 1 atom stereocenters. The molecule has 1 heterocycles. The monoisotopic (exact) mass is 265 g/mol. The van der Waals surface area contributed by atoms with Crippen LogP contribution in [0.5, 0.6) is 0 Å². The van der Waals surface area contributed by atoms with Gasteiger partial charge in [-0.15, -0.1) is 11.3 Å². The highest BCUT2D eigenvalue weighted by Crippen LogP contribution is 2.35. The lowest BCUT2D eigenvalue weighted by atomic mass is 10.0. The van der Waals surface area contributed by atoms with Crippen LogP contribution in [0, 0.1) is 6.92 Å². The van der Waals surface area contributed by atoms with Gasteiger partial charge >= 0.3 is 0 Å². The van der Waals surface area contributed by atoms with Crippen molar-refractivity contribution in [3.63, 3.8) is 0 Å². The predicted molar refractivity (Wildman–Crippen MR) is 76.0 cm³/mol. The normalized spacial score (nSPS) is 12.6. The summed E-state index contributed by atoms with van der Waals surface area (Å²) in [6, 6.07) is 10.6. The van der Waals surface area contributed by atoms with E-state index in [0.29, 0.717) is 0 Å². The second-order valence-corrected chi connectivity index (χ2v) is 5.29. The average Bonchev–Trinajstić information content (AvgIpc) is 2.69. The minimum Gasteiger partial charge on any atom is -0.306 e. The minimum atomic E-state index is 0.201. The van der Waals surface area contributed by atoms with Crippen molar-refractivity contribution in [2.75, 3.05) is 6.54 Å². The third-order valence-corrected chi connectivity index (χ3v) is 4.51. The van der Waals surface area contributed by atoms with Gasteiger partial charge in [0.05, 0.1) is 11.1 Å². The van der Waals surface area contributed by atoms with E-state index >= 15 is 0 Å². The summed E-state index contributed by atoms with van der Waals surface area (Å²) in [5, 5.41) is 6.50. The van der Waals surface area contributed by atoms with Crippen molar-refractivity contribution < 1.29 is 0 Å². The number of benzene rings is 1. The smallest absolute Gasteiger partial charge is 0.0686 e. The lowest BCUT2D eigenvalue weighted by Gasteiger charge is -2.17. The topological polar surface area (TPSA) is 12.0 Å². The van der Waals surface area contributed by atoms with Crippen LogP contribution in [-0.2, 0) is 0 Å². The van der Waals surface area contributed by atoms with Gasteiger partial charge in [-0.1, -0.05) is 48.9 Å². The molecule has 17 heavy (non-hydrogen) atoms. The number of halogens is 1. The number of hydrogen-bond donors (Lipinski definition) is 1. The van der Waals surface area contributed by atoms with Gasteiger partial charge in [0.2, 0.25) is 0 Å². The first-order valence-electron chi connectivity index (χ1n) is 5.75. The van der Waals surface area contributed by atoms with E-state index in [0.717, 1.165) is 17.1 Å². The second-order valence-electron chi connectivity index (χ2n) is 4.00. The molecule has 0 amide bonds. The molecule has 2 aromatic rings. The summed E-state index contributed by atoms with van der Waals surface area (Å²) in [6.07, 6.45) is 0. The molecule has 0 fully saturated rings. The second kappa shape index (κ2) is 5.67. The fourth-order valence-electron chi connectivity index (χ4n) is 1.86. The highest BCUT2D eigenvalue weighted by Gasteiger charge is 2.18. The van der Waals surface area contributed by atoms with Crippen LogP contribution in [0.25, 0.3) is 0 Å². The van der Waals surface area contributed by atoms with Crippen molar-refractivity contribution in [2.24, 2.45) is 0 Å². The molecule has 1 nitrogen and oxygen atoms in total. The Morgan fingerprint density at radius 2 is 2.00 bits per heavy atom. The van der Waals surface area contributed by atoms with Crippen LogP contribution in [0.2, 0.25) is 5.02 Å². The van der Waals surface area contributed by atoms with E-state index in [1.54, 1.807) is 11.3 Å². The Bertz CT molecular complexity index is 478. The van der Waals surface area contributed by atoms with Gasteiger partial charge in [-0.25, -0.2) is 0 Å². The maximum Gasteiger partial charge on any atom is 0.0686 e. The first-order valence-corrected chi connectivity index (χ1v) is 7.01. The lowest BCUT2D eigenvalue weighted by Crippen LogP contribution is -2.21. The summed E-state index contributed by atoms with van der Waals surface area (Å²) in [5.41, 5.74) is 2.42. The molecule has 90 valence electrons. The molecule has 0 radical (unpaired) electrons. The summed E-state index contributed by atoms with van der Waals surface area (Å²) in [6.45, 7) is 5.09. The highest BCUT2D eigenvalue weighted by atomic mass is 35.5. The van der Waals surface area contributed by atoms with Crippen molar-refractivity contribution in [3.8, 4) is 0 Å². The van der Waals surface area contributed by atoms with Gasteiger partial charge in [-0.3, -0.25) is 0 Å².